The van der Waals surface area contributed by atoms with Gasteiger partial charge in [0.25, 0.3) is 11.8 Å². The Morgan fingerprint density at radius 2 is 1.81 bits per heavy atom. The molecule has 0 fully saturated rings. The predicted octanol–water partition coefficient (Wildman–Crippen LogP) is 5.29. The lowest BCUT2D eigenvalue weighted by molar-refractivity contribution is 0.0122. The molecule has 0 bridgehead atoms. The second-order valence-corrected chi connectivity index (χ2v) is 7.28. The number of nitrogens with zero attached hydrogens (tertiary/aromatic N) is 1. The standard InChI is InChI=1S/C23H25F4N3O/c1-22(24,25)17-9-10-19(23(2,26)27)15(12-17)7-5-11-31-18-8-4-6-16(13-18)21(29)20(14-28)30-3/h4,6,8-10,12-13,30H,5,7,11,29H2,1-3H3/b21-20-. The highest BCUT2D eigenvalue weighted by molar-refractivity contribution is 5.69. The summed E-state index contributed by atoms with van der Waals surface area (Å²) in [5.74, 6) is -5.76. The number of aryl methyl sites for hydroxylation is 1. The summed E-state index contributed by atoms with van der Waals surface area (Å²) >= 11 is 0. The number of alkyl halides is 4. The first-order valence-electron chi connectivity index (χ1n) is 9.67. The molecular formula is C23H25F4N3O. The fraction of sp³-hybridized carbons (Fsp3) is 0.348. The average molecular weight is 435 g/mol. The molecule has 2 aromatic carbocycles. The molecule has 166 valence electrons. The summed E-state index contributed by atoms with van der Waals surface area (Å²) in [6.45, 7) is 1.67. The number of nitrogens with two attached hydrogens (primary N) is 1. The quantitative estimate of drug-likeness (QED) is 0.319. The van der Waals surface area contributed by atoms with Gasteiger partial charge >= 0.3 is 0 Å². The molecule has 3 N–H and O–H groups in total. The van der Waals surface area contributed by atoms with Gasteiger partial charge in [-0.25, -0.2) is 17.6 Å². The van der Waals surface area contributed by atoms with Gasteiger partial charge < -0.3 is 15.8 Å². The zero-order chi connectivity index (χ0) is 23.2. The third-order valence-electron chi connectivity index (χ3n) is 4.72. The Balaban J connectivity index is 2.11. The van der Waals surface area contributed by atoms with Crippen molar-refractivity contribution in [3.63, 3.8) is 0 Å². The smallest absolute Gasteiger partial charge is 0.270 e. The molecule has 0 saturated carbocycles. The van der Waals surface area contributed by atoms with E-state index >= 15 is 0 Å². The first kappa shape index (κ1) is 24.1. The number of halogens is 4. The maximum absolute atomic E-state index is 13.9. The van der Waals surface area contributed by atoms with Gasteiger partial charge in [-0.15, -0.1) is 0 Å². The Bertz CT molecular complexity index is 986. The molecule has 31 heavy (non-hydrogen) atoms. The third kappa shape index (κ3) is 6.38. The fourth-order valence-corrected chi connectivity index (χ4v) is 3.10. The minimum Gasteiger partial charge on any atom is -0.494 e. The number of nitrogens with one attached hydrogen (secondary N) is 1. The van der Waals surface area contributed by atoms with Gasteiger partial charge in [0.05, 0.1) is 12.3 Å². The molecular weight excluding hydrogens is 410 g/mol. The highest BCUT2D eigenvalue weighted by Gasteiger charge is 2.30. The van der Waals surface area contributed by atoms with Gasteiger partial charge in [0, 0.05) is 37.6 Å². The molecule has 0 unspecified atom stereocenters. The Hall–Kier alpha value is -3.21. The molecule has 8 heteroatoms. The van der Waals surface area contributed by atoms with Crippen LogP contribution in [-0.2, 0) is 18.3 Å². The highest BCUT2D eigenvalue weighted by atomic mass is 19.3. The largest absolute Gasteiger partial charge is 0.494 e. The topological polar surface area (TPSA) is 71.1 Å². The molecule has 0 saturated heterocycles. The van der Waals surface area contributed by atoms with Crippen molar-refractivity contribution in [2.24, 2.45) is 5.73 Å². The molecule has 0 spiro atoms. The van der Waals surface area contributed by atoms with Crippen molar-refractivity contribution >= 4 is 5.70 Å². The van der Waals surface area contributed by atoms with E-state index in [1.165, 1.54) is 0 Å². The molecule has 0 radical (unpaired) electrons. The first-order chi connectivity index (χ1) is 14.5. The second-order valence-electron chi connectivity index (χ2n) is 7.28. The van der Waals surface area contributed by atoms with E-state index in [-0.39, 0.29) is 41.1 Å². The first-order valence-corrected chi connectivity index (χ1v) is 9.67. The predicted molar refractivity (Wildman–Crippen MR) is 112 cm³/mol. The van der Waals surface area contributed by atoms with Crippen LogP contribution in [0.4, 0.5) is 17.6 Å². The number of ether oxygens (including phenoxy) is 1. The lowest BCUT2D eigenvalue weighted by atomic mass is 9.94. The van der Waals surface area contributed by atoms with Gasteiger partial charge in [0.15, 0.2) is 0 Å². The van der Waals surface area contributed by atoms with Gasteiger partial charge in [-0.1, -0.05) is 24.3 Å². The van der Waals surface area contributed by atoms with Gasteiger partial charge in [-0.3, -0.25) is 0 Å². The van der Waals surface area contributed by atoms with Crippen LogP contribution in [0, 0.1) is 11.3 Å². The molecule has 0 aromatic heterocycles. The maximum Gasteiger partial charge on any atom is 0.270 e. The summed E-state index contributed by atoms with van der Waals surface area (Å²) in [6.07, 6.45) is 0.500. The SMILES string of the molecule is CN/C(C#N)=C(\N)c1cccc(OCCCc2cc(C(C)(F)F)ccc2C(C)(F)F)c1. The van der Waals surface area contributed by atoms with Gasteiger partial charge in [0.1, 0.15) is 17.5 Å². The number of hydrogen-bond donors (Lipinski definition) is 2. The van der Waals surface area contributed by atoms with Crippen LogP contribution < -0.4 is 15.8 Å². The molecule has 0 aliphatic rings. The van der Waals surface area contributed by atoms with Crippen molar-refractivity contribution in [3.05, 3.63) is 70.4 Å². The molecule has 2 aromatic rings. The van der Waals surface area contributed by atoms with Gasteiger partial charge in [-0.2, -0.15) is 5.26 Å². The van der Waals surface area contributed by atoms with Crippen LogP contribution in [0.25, 0.3) is 5.70 Å². The molecule has 0 aliphatic carbocycles. The molecule has 0 heterocycles. The monoisotopic (exact) mass is 435 g/mol. The minimum absolute atomic E-state index is 0.156. The number of hydrogen-bond acceptors (Lipinski definition) is 4. The van der Waals surface area contributed by atoms with Crippen molar-refractivity contribution in [1.29, 1.82) is 5.26 Å². The fourth-order valence-electron chi connectivity index (χ4n) is 3.10. The summed E-state index contributed by atoms with van der Waals surface area (Å²) in [4.78, 5) is 0. The van der Waals surface area contributed by atoms with Crippen molar-refractivity contribution in [2.45, 2.75) is 38.5 Å². The third-order valence-corrected chi connectivity index (χ3v) is 4.72. The average Bonchev–Trinajstić information content (AvgIpc) is 2.70. The van der Waals surface area contributed by atoms with E-state index < -0.39 is 11.8 Å². The summed E-state index contributed by atoms with van der Waals surface area (Å²) in [7, 11) is 1.59. The van der Waals surface area contributed by atoms with E-state index in [1.807, 2.05) is 6.07 Å². The highest BCUT2D eigenvalue weighted by Crippen LogP contribution is 2.35. The zero-order valence-electron chi connectivity index (χ0n) is 17.6. The molecule has 0 atom stereocenters. The lowest BCUT2D eigenvalue weighted by Crippen LogP contribution is -2.15. The van der Waals surface area contributed by atoms with Crippen molar-refractivity contribution in [2.75, 3.05) is 13.7 Å². The molecule has 0 aliphatic heterocycles. The van der Waals surface area contributed by atoms with Crippen molar-refractivity contribution in [3.8, 4) is 11.8 Å². The lowest BCUT2D eigenvalue weighted by Gasteiger charge is -2.19. The van der Waals surface area contributed by atoms with E-state index in [4.69, 9.17) is 15.7 Å². The van der Waals surface area contributed by atoms with E-state index in [9.17, 15) is 17.6 Å². The van der Waals surface area contributed by atoms with E-state index in [0.29, 0.717) is 17.7 Å². The van der Waals surface area contributed by atoms with E-state index in [1.54, 1.807) is 31.3 Å². The maximum atomic E-state index is 13.9. The van der Waals surface area contributed by atoms with Crippen LogP contribution in [0.15, 0.2) is 48.2 Å². The number of nitriles is 1. The number of rotatable bonds is 9. The molecule has 2 rings (SSSR count). The molecule has 4 nitrogen and oxygen atoms in total. The van der Waals surface area contributed by atoms with Crippen LogP contribution in [0.1, 0.15) is 42.5 Å². The summed E-state index contributed by atoms with van der Waals surface area (Å²) in [6, 6.07) is 12.0. The van der Waals surface area contributed by atoms with Crippen LogP contribution in [-0.4, -0.2) is 13.7 Å². The van der Waals surface area contributed by atoms with Crippen LogP contribution >= 0.6 is 0 Å². The summed E-state index contributed by atoms with van der Waals surface area (Å²) in [5.41, 5.74) is 6.65. The van der Waals surface area contributed by atoms with E-state index in [2.05, 4.69) is 5.32 Å². The van der Waals surface area contributed by atoms with E-state index in [0.717, 1.165) is 32.0 Å². The summed E-state index contributed by atoms with van der Waals surface area (Å²) in [5, 5.41) is 11.8. The minimum atomic E-state index is -3.14. The van der Waals surface area contributed by atoms with Crippen molar-refractivity contribution < 1.29 is 22.3 Å². The Labute approximate surface area is 179 Å². The number of allylic oxidation sites excluding steroid dienone is 1. The van der Waals surface area contributed by atoms with Gasteiger partial charge in [0.2, 0.25) is 0 Å². The van der Waals surface area contributed by atoms with Crippen LogP contribution in [0.3, 0.4) is 0 Å². The van der Waals surface area contributed by atoms with Gasteiger partial charge in [-0.05, 0) is 36.6 Å². The Morgan fingerprint density at radius 1 is 1.10 bits per heavy atom. The van der Waals surface area contributed by atoms with Crippen LogP contribution in [0.5, 0.6) is 5.75 Å². The zero-order valence-corrected chi connectivity index (χ0v) is 17.6. The number of benzene rings is 2. The van der Waals surface area contributed by atoms with Crippen LogP contribution in [0.2, 0.25) is 0 Å². The Kier molecular flexibility index (Phi) is 7.55. The Morgan fingerprint density at radius 3 is 2.39 bits per heavy atom. The summed E-state index contributed by atoms with van der Waals surface area (Å²) < 4.78 is 60.7. The molecule has 0 amide bonds. The normalized spacial score (nSPS) is 12.7. The second kappa shape index (κ2) is 9.73. The van der Waals surface area contributed by atoms with Crippen molar-refractivity contribution in [1.82, 2.24) is 5.32 Å².